The quantitative estimate of drug-likeness (QED) is 0.724. The Morgan fingerprint density at radius 1 is 1.24 bits per heavy atom. The van der Waals surface area contributed by atoms with E-state index in [1.807, 2.05) is 6.08 Å². The average molecular weight is 245 g/mol. The van der Waals surface area contributed by atoms with E-state index >= 15 is 0 Å². The fourth-order valence-electron chi connectivity index (χ4n) is 1.95. The maximum Gasteiger partial charge on any atom is 0.0141 e. The van der Waals surface area contributed by atoms with Gasteiger partial charge in [-0.1, -0.05) is 36.4 Å². The van der Waals surface area contributed by atoms with Gasteiger partial charge in [0.2, 0.25) is 0 Å². The van der Waals surface area contributed by atoms with Crippen LogP contribution in [0.3, 0.4) is 0 Å². The summed E-state index contributed by atoms with van der Waals surface area (Å²) in [6.07, 6.45) is 4.26. The van der Waals surface area contributed by atoms with E-state index in [2.05, 4.69) is 72.2 Å². The third-order valence-electron chi connectivity index (χ3n) is 2.99. The molecule has 0 spiro atoms. The summed E-state index contributed by atoms with van der Waals surface area (Å²) in [7, 11) is 3.34. The van der Waals surface area contributed by atoms with Crippen molar-refractivity contribution in [1.82, 2.24) is 4.31 Å². The molecule has 1 aromatic rings. The molecule has 1 aliphatic rings. The lowest BCUT2D eigenvalue weighted by atomic mass is 10.1. The van der Waals surface area contributed by atoms with Crippen LogP contribution in [-0.2, 0) is 0 Å². The second-order valence-electron chi connectivity index (χ2n) is 4.32. The van der Waals surface area contributed by atoms with E-state index in [0.29, 0.717) is 0 Å². The van der Waals surface area contributed by atoms with Gasteiger partial charge >= 0.3 is 0 Å². The molecule has 1 nitrogen and oxygen atoms in total. The highest BCUT2D eigenvalue weighted by molar-refractivity contribution is 8.36. The lowest BCUT2D eigenvalue weighted by Crippen LogP contribution is -2.16. The molecule has 17 heavy (non-hydrogen) atoms. The molecule has 90 valence electrons. The molecule has 0 saturated heterocycles. The zero-order valence-corrected chi connectivity index (χ0v) is 11.3. The van der Waals surface area contributed by atoms with Crippen LogP contribution < -0.4 is 0 Å². The highest BCUT2D eigenvalue weighted by atomic mass is 32.3. The summed E-state index contributed by atoms with van der Waals surface area (Å²) < 4.78 is 2.32. The third-order valence-corrected chi connectivity index (χ3v) is 6.38. The standard InChI is InChI=1S/C15H19NS/c1-4-11-17(16(2)3)12-10-15(13-17)14-8-6-5-7-9-14/h4-10,12-13H,1,11H2,2-3H3. The molecule has 0 aliphatic carbocycles. The van der Waals surface area contributed by atoms with Gasteiger partial charge in [0.15, 0.2) is 0 Å². The normalized spacial score (nSPS) is 26.6. The van der Waals surface area contributed by atoms with E-state index in [1.165, 1.54) is 11.1 Å². The van der Waals surface area contributed by atoms with E-state index in [1.54, 1.807) is 0 Å². The number of nitrogens with zero attached hydrogens (tertiary/aromatic N) is 1. The Labute approximate surface area is 106 Å². The summed E-state index contributed by atoms with van der Waals surface area (Å²) in [6, 6.07) is 10.5. The van der Waals surface area contributed by atoms with Crippen LogP contribution in [0, 0.1) is 0 Å². The Hall–Kier alpha value is -1.25. The molecule has 0 radical (unpaired) electrons. The van der Waals surface area contributed by atoms with Crippen molar-refractivity contribution in [1.29, 1.82) is 0 Å². The Kier molecular flexibility index (Phi) is 3.55. The lowest BCUT2D eigenvalue weighted by Gasteiger charge is -2.37. The van der Waals surface area contributed by atoms with Crippen molar-refractivity contribution in [2.24, 2.45) is 0 Å². The van der Waals surface area contributed by atoms with Gasteiger partial charge in [-0.3, -0.25) is 4.31 Å². The predicted octanol–water partition coefficient (Wildman–Crippen LogP) is 4.02. The highest BCUT2D eigenvalue weighted by Crippen LogP contribution is 2.58. The van der Waals surface area contributed by atoms with Gasteiger partial charge < -0.3 is 0 Å². The van der Waals surface area contributed by atoms with Crippen LogP contribution in [0.15, 0.2) is 59.9 Å². The number of allylic oxidation sites excluding steroid dienone is 2. The van der Waals surface area contributed by atoms with E-state index in [4.69, 9.17) is 0 Å². The van der Waals surface area contributed by atoms with Gasteiger partial charge in [-0.05, 0) is 42.1 Å². The van der Waals surface area contributed by atoms with Crippen LogP contribution in [0.5, 0.6) is 0 Å². The van der Waals surface area contributed by atoms with E-state index in [-0.39, 0.29) is 0 Å². The first-order chi connectivity index (χ1) is 8.18. The fourth-order valence-corrected chi connectivity index (χ4v) is 4.41. The molecule has 2 heteroatoms. The fraction of sp³-hybridized carbons (Fsp3) is 0.200. The highest BCUT2D eigenvalue weighted by Gasteiger charge is 2.24. The van der Waals surface area contributed by atoms with Gasteiger partial charge in [0.1, 0.15) is 0 Å². The lowest BCUT2D eigenvalue weighted by molar-refractivity contribution is 0.690. The van der Waals surface area contributed by atoms with Gasteiger partial charge in [-0.2, -0.15) is 0 Å². The first-order valence-electron chi connectivity index (χ1n) is 5.72. The van der Waals surface area contributed by atoms with Gasteiger partial charge in [-0.15, -0.1) is 16.8 Å². The maximum absolute atomic E-state index is 3.88. The van der Waals surface area contributed by atoms with Crippen molar-refractivity contribution in [3.8, 4) is 0 Å². The largest absolute Gasteiger partial charge is 0.267 e. The molecule has 0 bridgehead atoms. The van der Waals surface area contributed by atoms with Crippen LogP contribution >= 0.6 is 10.2 Å². The summed E-state index contributed by atoms with van der Waals surface area (Å²) in [5, 5.41) is 4.75. The molecule has 1 atom stereocenters. The third kappa shape index (κ3) is 2.38. The molecule has 0 saturated carbocycles. The molecule has 1 unspecified atom stereocenters. The molecule has 2 rings (SSSR count). The molecule has 0 aromatic heterocycles. The second kappa shape index (κ2) is 4.94. The second-order valence-corrected chi connectivity index (χ2v) is 7.51. The van der Waals surface area contributed by atoms with Gasteiger partial charge in [0.05, 0.1) is 0 Å². The molecule has 0 fully saturated rings. The maximum atomic E-state index is 3.88. The Morgan fingerprint density at radius 2 is 1.94 bits per heavy atom. The van der Waals surface area contributed by atoms with Gasteiger partial charge in [-0.25, -0.2) is 0 Å². The SMILES string of the molecule is C=CCS1(N(C)C)C=CC(c2ccccc2)=C1. The van der Waals surface area contributed by atoms with Crippen molar-refractivity contribution >= 4 is 15.8 Å². The van der Waals surface area contributed by atoms with Crippen LogP contribution in [0.1, 0.15) is 5.56 Å². The van der Waals surface area contributed by atoms with Crippen molar-refractivity contribution in [2.75, 3.05) is 19.8 Å². The predicted molar refractivity (Wildman–Crippen MR) is 79.9 cm³/mol. The number of hydrogen-bond donors (Lipinski definition) is 0. The monoisotopic (exact) mass is 245 g/mol. The van der Waals surface area contributed by atoms with E-state index < -0.39 is 10.2 Å². The van der Waals surface area contributed by atoms with Gasteiger partial charge in [0, 0.05) is 5.75 Å². The van der Waals surface area contributed by atoms with Crippen molar-refractivity contribution in [2.45, 2.75) is 0 Å². The molecular weight excluding hydrogens is 226 g/mol. The molecule has 1 heterocycles. The summed E-state index contributed by atoms with van der Waals surface area (Å²) in [5.41, 5.74) is 2.63. The van der Waals surface area contributed by atoms with Crippen LogP contribution in [0.25, 0.3) is 5.57 Å². The van der Waals surface area contributed by atoms with Crippen molar-refractivity contribution in [3.63, 3.8) is 0 Å². The van der Waals surface area contributed by atoms with Gasteiger partial charge in [0.25, 0.3) is 0 Å². The summed E-state index contributed by atoms with van der Waals surface area (Å²) in [5.74, 6) is 1.02. The molecule has 1 aliphatic heterocycles. The van der Waals surface area contributed by atoms with E-state index in [9.17, 15) is 0 Å². The minimum atomic E-state index is -0.953. The first-order valence-corrected chi connectivity index (χ1v) is 7.61. The number of benzene rings is 1. The molecule has 0 amide bonds. The van der Waals surface area contributed by atoms with Crippen molar-refractivity contribution < 1.29 is 0 Å². The zero-order valence-electron chi connectivity index (χ0n) is 10.5. The molecular formula is C15H19NS. The first kappa shape index (κ1) is 12.2. The minimum absolute atomic E-state index is 0.953. The summed E-state index contributed by atoms with van der Waals surface area (Å²) in [6.45, 7) is 3.88. The number of rotatable bonds is 4. The zero-order chi connectivity index (χ0) is 12.3. The Balaban J connectivity index is 2.35. The van der Waals surface area contributed by atoms with Crippen LogP contribution in [-0.4, -0.2) is 24.2 Å². The Bertz CT molecular complexity index is 459. The van der Waals surface area contributed by atoms with Crippen LogP contribution in [0.2, 0.25) is 0 Å². The topological polar surface area (TPSA) is 3.24 Å². The molecule has 0 N–H and O–H groups in total. The summed E-state index contributed by atoms with van der Waals surface area (Å²) in [4.78, 5) is 0. The van der Waals surface area contributed by atoms with Crippen LogP contribution in [0.4, 0.5) is 0 Å². The van der Waals surface area contributed by atoms with E-state index in [0.717, 1.165) is 5.75 Å². The Morgan fingerprint density at radius 3 is 2.53 bits per heavy atom. The minimum Gasteiger partial charge on any atom is -0.267 e. The van der Waals surface area contributed by atoms with Crippen molar-refractivity contribution in [3.05, 3.63) is 65.4 Å². The summed E-state index contributed by atoms with van der Waals surface area (Å²) >= 11 is 0. The average Bonchev–Trinajstić information content (AvgIpc) is 2.76. The number of hydrogen-bond acceptors (Lipinski definition) is 1. The smallest absolute Gasteiger partial charge is 0.0141 e. The molecule has 1 aromatic carbocycles.